The van der Waals surface area contributed by atoms with E-state index in [2.05, 4.69) is 25.9 Å². The Morgan fingerprint density at radius 3 is 2.74 bits per heavy atom. The van der Waals surface area contributed by atoms with Gasteiger partial charge in [0.15, 0.2) is 11.6 Å². The summed E-state index contributed by atoms with van der Waals surface area (Å²) in [6, 6.07) is 8.01. The lowest BCUT2D eigenvalue weighted by atomic mass is 9.96. The Morgan fingerprint density at radius 1 is 1.26 bits per heavy atom. The number of carbonyl (C=O) groups is 1. The standard InChI is InChI=1S/C15H13BrN2O/c1-9-2-4-10(5-3-9)15-17-8-11-6-7-12(16)14(19)13(11)18-15/h2-5,8,12H,6-7H2,1H3. The van der Waals surface area contributed by atoms with Crippen LogP contribution < -0.4 is 0 Å². The predicted molar refractivity (Wildman–Crippen MR) is 77.6 cm³/mol. The fourth-order valence-corrected chi connectivity index (χ4v) is 2.65. The SMILES string of the molecule is Cc1ccc(-c2ncc3c(n2)C(=O)C(Br)CC3)cc1. The van der Waals surface area contributed by atoms with E-state index in [-0.39, 0.29) is 10.6 Å². The van der Waals surface area contributed by atoms with E-state index in [4.69, 9.17) is 0 Å². The first kappa shape index (κ1) is 12.5. The number of Topliss-reactive ketones (excluding diaryl/α,β-unsaturated/α-hetero) is 1. The number of halogens is 1. The molecule has 1 aromatic heterocycles. The van der Waals surface area contributed by atoms with E-state index in [1.54, 1.807) is 6.20 Å². The fourth-order valence-electron chi connectivity index (χ4n) is 2.21. The van der Waals surface area contributed by atoms with Crippen LogP contribution in [0.4, 0.5) is 0 Å². The second kappa shape index (κ2) is 4.85. The van der Waals surface area contributed by atoms with E-state index in [1.807, 2.05) is 31.2 Å². The summed E-state index contributed by atoms with van der Waals surface area (Å²) in [5, 5.41) is 0. The first-order valence-electron chi connectivity index (χ1n) is 6.26. The highest BCUT2D eigenvalue weighted by atomic mass is 79.9. The zero-order valence-electron chi connectivity index (χ0n) is 10.6. The second-order valence-corrected chi connectivity index (χ2v) is 5.91. The van der Waals surface area contributed by atoms with Crippen LogP contribution in [0.5, 0.6) is 0 Å². The van der Waals surface area contributed by atoms with Gasteiger partial charge in [-0.2, -0.15) is 0 Å². The Morgan fingerprint density at radius 2 is 2.00 bits per heavy atom. The maximum Gasteiger partial charge on any atom is 0.195 e. The Labute approximate surface area is 120 Å². The minimum atomic E-state index is -0.110. The molecule has 0 spiro atoms. The number of nitrogens with zero attached hydrogens (tertiary/aromatic N) is 2. The van der Waals surface area contributed by atoms with Crippen molar-refractivity contribution in [1.82, 2.24) is 9.97 Å². The number of benzene rings is 1. The molecule has 0 radical (unpaired) electrons. The topological polar surface area (TPSA) is 42.9 Å². The largest absolute Gasteiger partial charge is 0.291 e. The molecule has 0 aliphatic heterocycles. The van der Waals surface area contributed by atoms with Crippen LogP contribution in [0.1, 0.15) is 28.0 Å². The molecule has 1 unspecified atom stereocenters. The average molecular weight is 317 g/mol. The van der Waals surface area contributed by atoms with Gasteiger partial charge in [0.25, 0.3) is 0 Å². The number of carbonyl (C=O) groups excluding carboxylic acids is 1. The maximum atomic E-state index is 12.1. The van der Waals surface area contributed by atoms with Gasteiger partial charge in [-0.3, -0.25) is 4.79 Å². The van der Waals surface area contributed by atoms with Crippen LogP contribution in [0.15, 0.2) is 30.5 Å². The molecule has 1 heterocycles. The summed E-state index contributed by atoms with van der Waals surface area (Å²) in [7, 11) is 0. The molecule has 1 aliphatic rings. The zero-order valence-corrected chi connectivity index (χ0v) is 12.1. The van der Waals surface area contributed by atoms with Crippen molar-refractivity contribution in [3.8, 4) is 11.4 Å². The number of hydrogen-bond donors (Lipinski definition) is 0. The van der Waals surface area contributed by atoms with Crippen LogP contribution in [0, 0.1) is 6.92 Å². The van der Waals surface area contributed by atoms with Crippen molar-refractivity contribution in [3.63, 3.8) is 0 Å². The van der Waals surface area contributed by atoms with Gasteiger partial charge < -0.3 is 0 Å². The lowest BCUT2D eigenvalue weighted by molar-refractivity contribution is 0.0976. The third kappa shape index (κ3) is 2.32. The number of rotatable bonds is 1. The van der Waals surface area contributed by atoms with Gasteiger partial charge in [-0.05, 0) is 25.3 Å². The minimum absolute atomic E-state index is 0.0667. The van der Waals surface area contributed by atoms with Crippen LogP contribution in [-0.2, 0) is 6.42 Å². The average Bonchev–Trinajstić information content (AvgIpc) is 2.44. The summed E-state index contributed by atoms with van der Waals surface area (Å²) in [6.45, 7) is 2.04. The van der Waals surface area contributed by atoms with Crippen molar-refractivity contribution >= 4 is 21.7 Å². The molecule has 1 atom stereocenters. The number of ketones is 1. The predicted octanol–water partition coefficient (Wildman–Crippen LogP) is 3.34. The Bertz CT molecular complexity index is 637. The first-order chi connectivity index (χ1) is 9.15. The molecule has 0 saturated carbocycles. The van der Waals surface area contributed by atoms with Gasteiger partial charge in [-0.15, -0.1) is 0 Å². The van der Waals surface area contributed by atoms with Crippen molar-refractivity contribution in [2.24, 2.45) is 0 Å². The first-order valence-corrected chi connectivity index (χ1v) is 7.18. The van der Waals surface area contributed by atoms with Gasteiger partial charge in [0.1, 0.15) is 5.69 Å². The van der Waals surface area contributed by atoms with Crippen LogP contribution >= 0.6 is 15.9 Å². The van der Waals surface area contributed by atoms with Crippen molar-refractivity contribution in [2.45, 2.75) is 24.6 Å². The summed E-state index contributed by atoms with van der Waals surface area (Å²) in [5.74, 6) is 0.686. The highest BCUT2D eigenvalue weighted by Crippen LogP contribution is 2.26. The molecule has 1 aliphatic carbocycles. The molecule has 3 nitrogen and oxygen atoms in total. The summed E-state index contributed by atoms with van der Waals surface area (Å²) in [4.78, 5) is 20.8. The third-order valence-corrected chi connectivity index (χ3v) is 4.23. The van der Waals surface area contributed by atoms with Gasteiger partial charge in [0.2, 0.25) is 0 Å². The minimum Gasteiger partial charge on any atom is -0.291 e. The second-order valence-electron chi connectivity index (χ2n) is 4.80. The maximum absolute atomic E-state index is 12.1. The van der Waals surface area contributed by atoms with E-state index in [1.165, 1.54) is 5.56 Å². The molecule has 0 N–H and O–H groups in total. The quantitative estimate of drug-likeness (QED) is 0.758. The third-order valence-electron chi connectivity index (χ3n) is 3.36. The van der Waals surface area contributed by atoms with Crippen molar-refractivity contribution in [2.75, 3.05) is 0 Å². The zero-order chi connectivity index (χ0) is 13.4. The van der Waals surface area contributed by atoms with Gasteiger partial charge >= 0.3 is 0 Å². The summed E-state index contributed by atoms with van der Waals surface area (Å²) in [6.07, 6.45) is 3.46. The Balaban J connectivity index is 2.05. The van der Waals surface area contributed by atoms with Gasteiger partial charge in [-0.25, -0.2) is 9.97 Å². The van der Waals surface area contributed by atoms with Crippen LogP contribution in [0.3, 0.4) is 0 Å². The summed E-state index contributed by atoms with van der Waals surface area (Å²) in [5.41, 5.74) is 3.66. The molecular formula is C15H13BrN2O. The number of alkyl halides is 1. The molecule has 3 rings (SSSR count). The summed E-state index contributed by atoms with van der Waals surface area (Å²) >= 11 is 3.40. The number of hydrogen-bond acceptors (Lipinski definition) is 3. The van der Waals surface area contributed by atoms with Crippen molar-refractivity contribution < 1.29 is 4.79 Å². The highest BCUT2D eigenvalue weighted by molar-refractivity contribution is 9.10. The lowest BCUT2D eigenvalue weighted by Crippen LogP contribution is -2.24. The fraction of sp³-hybridized carbons (Fsp3) is 0.267. The van der Waals surface area contributed by atoms with Crippen molar-refractivity contribution in [3.05, 3.63) is 47.3 Å². The van der Waals surface area contributed by atoms with Gasteiger partial charge in [0, 0.05) is 11.8 Å². The smallest absolute Gasteiger partial charge is 0.195 e. The van der Waals surface area contributed by atoms with Crippen LogP contribution in [0.25, 0.3) is 11.4 Å². The van der Waals surface area contributed by atoms with E-state index in [0.29, 0.717) is 11.5 Å². The van der Waals surface area contributed by atoms with Crippen LogP contribution in [-0.4, -0.2) is 20.6 Å². The molecule has 0 amide bonds. The highest BCUT2D eigenvalue weighted by Gasteiger charge is 2.27. The van der Waals surface area contributed by atoms with E-state index in [9.17, 15) is 4.79 Å². The van der Waals surface area contributed by atoms with Crippen molar-refractivity contribution in [1.29, 1.82) is 0 Å². The lowest BCUT2D eigenvalue weighted by Gasteiger charge is -2.18. The molecule has 0 bridgehead atoms. The van der Waals surface area contributed by atoms with E-state index in [0.717, 1.165) is 24.0 Å². The molecule has 19 heavy (non-hydrogen) atoms. The molecule has 0 fully saturated rings. The Hall–Kier alpha value is -1.55. The number of fused-ring (bicyclic) bond motifs is 1. The van der Waals surface area contributed by atoms with E-state index >= 15 is 0 Å². The van der Waals surface area contributed by atoms with Gasteiger partial charge in [-0.1, -0.05) is 45.8 Å². The normalized spacial score (nSPS) is 18.2. The molecule has 2 aromatic rings. The monoisotopic (exact) mass is 316 g/mol. The number of aromatic nitrogens is 2. The van der Waals surface area contributed by atoms with Crippen LogP contribution in [0.2, 0.25) is 0 Å². The molecule has 4 heteroatoms. The van der Waals surface area contributed by atoms with Gasteiger partial charge in [0.05, 0.1) is 4.83 Å². The molecule has 1 aromatic carbocycles. The molecule has 96 valence electrons. The Kier molecular flexibility index (Phi) is 3.19. The summed E-state index contributed by atoms with van der Waals surface area (Å²) < 4.78 is 0. The molecule has 0 saturated heterocycles. The molecular weight excluding hydrogens is 304 g/mol. The van der Waals surface area contributed by atoms with E-state index < -0.39 is 0 Å². The number of aryl methyl sites for hydroxylation is 2.